The molecule has 2 aromatic heterocycles. The molecule has 0 spiro atoms. The van der Waals surface area contributed by atoms with Gasteiger partial charge in [-0.1, -0.05) is 17.7 Å². The monoisotopic (exact) mass is 356 g/mol. The fourth-order valence-electron chi connectivity index (χ4n) is 3.44. The number of aromatic nitrogens is 3. The van der Waals surface area contributed by atoms with Crippen molar-refractivity contribution in [2.24, 2.45) is 7.05 Å². The summed E-state index contributed by atoms with van der Waals surface area (Å²) < 4.78 is 29.3. The van der Waals surface area contributed by atoms with E-state index in [-0.39, 0.29) is 5.92 Å². The van der Waals surface area contributed by atoms with Gasteiger partial charge in [0.15, 0.2) is 0 Å². The lowest BCUT2D eigenvalue weighted by atomic mass is 10.1. The highest BCUT2D eigenvalue weighted by molar-refractivity contribution is 7.89. The largest absolute Gasteiger partial charge is 0.330 e. The van der Waals surface area contributed by atoms with Crippen LogP contribution in [-0.4, -0.2) is 40.3 Å². The van der Waals surface area contributed by atoms with Crippen molar-refractivity contribution in [3.05, 3.63) is 54.1 Å². The van der Waals surface area contributed by atoms with Gasteiger partial charge in [-0.25, -0.2) is 13.4 Å². The third-order valence-electron chi connectivity index (χ3n) is 4.89. The molecule has 0 N–H and O–H groups in total. The topological polar surface area (TPSA) is 68.1 Å². The number of imidazole rings is 1. The molecule has 1 atom stereocenters. The zero-order valence-electron chi connectivity index (χ0n) is 14.3. The third-order valence-corrected chi connectivity index (χ3v) is 6.77. The number of aryl methyl sites for hydroxylation is 2. The van der Waals surface area contributed by atoms with Crippen LogP contribution in [0, 0.1) is 6.92 Å². The van der Waals surface area contributed by atoms with E-state index in [4.69, 9.17) is 4.98 Å². The average Bonchev–Trinajstić information content (AvgIpc) is 3.21. The van der Waals surface area contributed by atoms with Crippen LogP contribution < -0.4 is 0 Å². The number of nitrogens with zero attached hydrogens (tertiary/aromatic N) is 4. The number of rotatable bonds is 3. The molecule has 0 bridgehead atoms. The van der Waals surface area contributed by atoms with E-state index < -0.39 is 10.0 Å². The fourth-order valence-corrected chi connectivity index (χ4v) is 4.94. The fraction of sp³-hybridized carbons (Fsp3) is 0.333. The van der Waals surface area contributed by atoms with E-state index in [0.29, 0.717) is 18.0 Å². The molecule has 130 valence electrons. The predicted molar refractivity (Wildman–Crippen MR) is 95.8 cm³/mol. The standard InChI is InChI=1S/C18H20N4O2S/c1-13-3-5-15(6-4-13)25(23,24)22-10-8-14(12-22)18-20-16-7-9-19-11-17(16)21(18)2/h3-7,9,11,14H,8,10,12H2,1-2H3/t14-/m1/s1. The van der Waals surface area contributed by atoms with E-state index in [2.05, 4.69) is 4.98 Å². The molecular weight excluding hydrogens is 336 g/mol. The number of sulfonamides is 1. The summed E-state index contributed by atoms with van der Waals surface area (Å²) in [6.07, 6.45) is 4.29. The summed E-state index contributed by atoms with van der Waals surface area (Å²) >= 11 is 0. The Morgan fingerprint density at radius 1 is 1.16 bits per heavy atom. The van der Waals surface area contributed by atoms with E-state index in [9.17, 15) is 8.42 Å². The molecule has 7 heteroatoms. The molecule has 0 amide bonds. The van der Waals surface area contributed by atoms with Gasteiger partial charge in [0.2, 0.25) is 10.0 Å². The highest BCUT2D eigenvalue weighted by Gasteiger charge is 2.35. The molecule has 1 aliphatic heterocycles. The van der Waals surface area contributed by atoms with Crippen LogP contribution in [-0.2, 0) is 17.1 Å². The molecule has 3 heterocycles. The van der Waals surface area contributed by atoms with Crippen LogP contribution in [0.25, 0.3) is 11.0 Å². The zero-order chi connectivity index (χ0) is 17.6. The molecule has 4 rings (SSSR count). The second-order valence-corrected chi connectivity index (χ2v) is 8.49. The lowest BCUT2D eigenvalue weighted by Crippen LogP contribution is -2.28. The van der Waals surface area contributed by atoms with Crippen molar-refractivity contribution in [3.8, 4) is 0 Å². The van der Waals surface area contributed by atoms with Gasteiger partial charge in [-0.15, -0.1) is 0 Å². The second-order valence-electron chi connectivity index (χ2n) is 6.56. The molecule has 1 aliphatic rings. The molecule has 1 fully saturated rings. The SMILES string of the molecule is Cc1ccc(S(=O)(=O)N2CC[C@@H](c3nc4ccncc4n3C)C2)cc1. The summed E-state index contributed by atoms with van der Waals surface area (Å²) in [4.78, 5) is 9.20. The Balaban J connectivity index is 1.62. The number of pyridine rings is 1. The Morgan fingerprint density at radius 2 is 1.92 bits per heavy atom. The van der Waals surface area contributed by atoms with Crippen molar-refractivity contribution in [2.45, 2.75) is 24.2 Å². The average molecular weight is 356 g/mol. The van der Waals surface area contributed by atoms with E-state index in [0.717, 1.165) is 28.8 Å². The maximum Gasteiger partial charge on any atom is 0.243 e. The summed E-state index contributed by atoms with van der Waals surface area (Å²) in [5, 5.41) is 0. The lowest BCUT2D eigenvalue weighted by Gasteiger charge is -2.17. The van der Waals surface area contributed by atoms with Crippen molar-refractivity contribution in [2.75, 3.05) is 13.1 Å². The zero-order valence-corrected chi connectivity index (χ0v) is 15.1. The van der Waals surface area contributed by atoms with Crippen LogP contribution in [0.3, 0.4) is 0 Å². The highest BCUT2D eigenvalue weighted by atomic mass is 32.2. The first kappa shape index (κ1) is 16.2. The molecule has 1 aromatic carbocycles. The Labute approximate surface area is 147 Å². The Kier molecular flexibility index (Phi) is 3.85. The number of benzene rings is 1. The van der Waals surface area contributed by atoms with Gasteiger partial charge < -0.3 is 4.57 Å². The summed E-state index contributed by atoms with van der Waals surface area (Å²) in [6.45, 7) is 2.92. The molecule has 0 radical (unpaired) electrons. The van der Waals surface area contributed by atoms with Gasteiger partial charge in [-0.2, -0.15) is 4.31 Å². The van der Waals surface area contributed by atoms with Gasteiger partial charge >= 0.3 is 0 Å². The van der Waals surface area contributed by atoms with E-state index in [1.807, 2.05) is 36.7 Å². The van der Waals surface area contributed by atoms with E-state index in [1.165, 1.54) is 0 Å². The highest BCUT2D eigenvalue weighted by Crippen LogP contribution is 2.31. The van der Waals surface area contributed by atoms with Gasteiger partial charge in [-0.05, 0) is 31.5 Å². The predicted octanol–water partition coefficient (Wildman–Crippen LogP) is 2.45. The number of fused-ring (bicyclic) bond motifs is 1. The van der Waals surface area contributed by atoms with Crippen molar-refractivity contribution < 1.29 is 8.42 Å². The van der Waals surface area contributed by atoms with Crippen LogP contribution in [0.5, 0.6) is 0 Å². The maximum absolute atomic E-state index is 12.9. The molecule has 3 aromatic rings. The van der Waals surface area contributed by atoms with Crippen LogP contribution in [0.1, 0.15) is 23.7 Å². The minimum atomic E-state index is -3.46. The van der Waals surface area contributed by atoms with Crippen molar-refractivity contribution in [3.63, 3.8) is 0 Å². The van der Waals surface area contributed by atoms with Gasteiger partial charge in [0.05, 0.1) is 22.1 Å². The quantitative estimate of drug-likeness (QED) is 0.723. The smallest absolute Gasteiger partial charge is 0.243 e. The summed E-state index contributed by atoms with van der Waals surface area (Å²) in [7, 11) is -1.49. The van der Waals surface area contributed by atoms with Gasteiger partial charge in [0, 0.05) is 32.3 Å². The maximum atomic E-state index is 12.9. The summed E-state index contributed by atoms with van der Waals surface area (Å²) in [5.41, 5.74) is 2.91. The van der Waals surface area contributed by atoms with Crippen LogP contribution in [0.4, 0.5) is 0 Å². The normalized spacial score (nSPS) is 18.9. The first-order chi connectivity index (χ1) is 12.0. The lowest BCUT2D eigenvalue weighted by molar-refractivity contribution is 0.470. The Morgan fingerprint density at radius 3 is 2.64 bits per heavy atom. The molecular formula is C18H20N4O2S. The molecule has 0 unspecified atom stereocenters. The third kappa shape index (κ3) is 2.73. The van der Waals surface area contributed by atoms with Crippen molar-refractivity contribution in [1.29, 1.82) is 0 Å². The molecule has 6 nitrogen and oxygen atoms in total. The molecule has 1 saturated heterocycles. The minimum Gasteiger partial charge on any atom is -0.330 e. The minimum absolute atomic E-state index is 0.0950. The van der Waals surface area contributed by atoms with Gasteiger partial charge in [-0.3, -0.25) is 4.98 Å². The number of hydrogen-bond acceptors (Lipinski definition) is 4. The Hall–Kier alpha value is -2.25. The first-order valence-corrected chi connectivity index (χ1v) is 9.74. The van der Waals surface area contributed by atoms with Crippen molar-refractivity contribution >= 4 is 21.1 Å². The van der Waals surface area contributed by atoms with Gasteiger partial charge in [0.1, 0.15) is 5.82 Å². The van der Waals surface area contributed by atoms with Crippen molar-refractivity contribution in [1.82, 2.24) is 18.8 Å². The Bertz CT molecular complexity index is 1020. The first-order valence-electron chi connectivity index (χ1n) is 8.30. The number of hydrogen-bond donors (Lipinski definition) is 0. The van der Waals surface area contributed by atoms with E-state index >= 15 is 0 Å². The molecule has 0 saturated carbocycles. The van der Waals surface area contributed by atoms with Crippen LogP contribution in [0.2, 0.25) is 0 Å². The van der Waals surface area contributed by atoms with Crippen LogP contribution in [0.15, 0.2) is 47.6 Å². The molecule has 0 aliphatic carbocycles. The summed E-state index contributed by atoms with van der Waals surface area (Å²) in [5.74, 6) is 1.02. The second kappa shape index (κ2) is 5.93. The molecule has 25 heavy (non-hydrogen) atoms. The van der Waals surface area contributed by atoms with Crippen LogP contribution >= 0.6 is 0 Å². The van der Waals surface area contributed by atoms with Gasteiger partial charge in [0.25, 0.3) is 0 Å². The van der Waals surface area contributed by atoms with E-state index in [1.54, 1.807) is 28.8 Å². The summed E-state index contributed by atoms with van der Waals surface area (Å²) in [6, 6.07) is 8.91.